The van der Waals surface area contributed by atoms with Crippen molar-refractivity contribution in [2.75, 3.05) is 11.9 Å². The second-order valence-electron chi connectivity index (χ2n) is 5.57. The van der Waals surface area contributed by atoms with Gasteiger partial charge in [-0.2, -0.15) is 13.2 Å². The number of para-hydroxylation sites is 1. The average molecular weight is 365 g/mol. The maximum atomic E-state index is 12.9. The van der Waals surface area contributed by atoms with Crippen molar-refractivity contribution in [3.8, 4) is 0 Å². The first-order chi connectivity index (χ1) is 12.3. The molecule has 1 atom stereocenters. The highest BCUT2D eigenvalue weighted by molar-refractivity contribution is 5.94. The van der Waals surface area contributed by atoms with Crippen LogP contribution in [-0.2, 0) is 20.5 Å². The minimum atomic E-state index is -4.60. The third-order valence-electron chi connectivity index (χ3n) is 3.75. The van der Waals surface area contributed by atoms with Crippen molar-refractivity contribution in [1.29, 1.82) is 0 Å². The van der Waals surface area contributed by atoms with Crippen molar-refractivity contribution in [2.24, 2.45) is 0 Å². The first-order valence-corrected chi connectivity index (χ1v) is 8.00. The molecule has 0 bridgehead atoms. The van der Waals surface area contributed by atoms with E-state index < -0.39 is 36.1 Å². The lowest BCUT2D eigenvalue weighted by Crippen LogP contribution is -2.25. The molecule has 0 saturated carbocycles. The van der Waals surface area contributed by atoms with Crippen LogP contribution in [0.25, 0.3) is 0 Å². The largest absolute Gasteiger partial charge is 0.455 e. The van der Waals surface area contributed by atoms with E-state index in [1.54, 1.807) is 31.2 Å². The molecule has 0 spiro atoms. The molecule has 0 aliphatic rings. The van der Waals surface area contributed by atoms with Gasteiger partial charge < -0.3 is 10.1 Å². The molecule has 7 heteroatoms. The number of anilines is 1. The number of hydrogen-bond acceptors (Lipinski definition) is 3. The van der Waals surface area contributed by atoms with Crippen molar-refractivity contribution in [3.05, 3.63) is 65.7 Å². The van der Waals surface area contributed by atoms with Crippen LogP contribution in [0, 0.1) is 0 Å². The van der Waals surface area contributed by atoms with Gasteiger partial charge in [-0.15, -0.1) is 0 Å². The Morgan fingerprint density at radius 3 is 2.27 bits per heavy atom. The number of esters is 1. The molecule has 1 N–H and O–H groups in total. The standard InChI is InChI=1S/C19H18F3NO3/c1-2-14(13-8-4-3-5-9-13)18(25)26-12-17(24)23-16-11-7-6-10-15(16)19(20,21)22/h3-11,14H,2,12H2,1H3,(H,23,24)/t14-/m0/s1. The Morgan fingerprint density at radius 2 is 1.65 bits per heavy atom. The Bertz CT molecular complexity index is 760. The van der Waals surface area contributed by atoms with Gasteiger partial charge in [0.1, 0.15) is 0 Å². The molecule has 0 radical (unpaired) electrons. The summed E-state index contributed by atoms with van der Waals surface area (Å²) >= 11 is 0. The summed E-state index contributed by atoms with van der Waals surface area (Å²) in [5.74, 6) is -1.97. The minimum Gasteiger partial charge on any atom is -0.455 e. The van der Waals surface area contributed by atoms with E-state index in [0.717, 1.165) is 17.7 Å². The van der Waals surface area contributed by atoms with Gasteiger partial charge >= 0.3 is 12.1 Å². The summed E-state index contributed by atoms with van der Waals surface area (Å²) in [6.07, 6.45) is -4.12. The van der Waals surface area contributed by atoms with Crippen LogP contribution in [0.3, 0.4) is 0 Å². The summed E-state index contributed by atoms with van der Waals surface area (Å²) in [6.45, 7) is 1.15. The molecule has 0 aliphatic heterocycles. The van der Waals surface area contributed by atoms with Crippen LogP contribution >= 0.6 is 0 Å². The molecule has 4 nitrogen and oxygen atoms in total. The number of hydrogen-bond donors (Lipinski definition) is 1. The van der Waals surface area contributed by atoms with Gasteiger partial charge in [0, 0.05) is 0 Å². The van der Waals surface area contributed by atoms with Gasteiger partial charge in [0.2, 0.25) is 0 Å². The Morgan fingerprint density at radius 1 is 1.04 bits per heavy atom. The Kier molecular flexibility index (Phi) is 6.38. The molecular formula is C19H18F3NO3. The summed E-state index contributed by atoms with van der Waals surface area (Å²) in [7, 11) is 0. The summed E-state index contributed by atoms with van der Waals surface area (Å²) in [6, 6.07) is 13.5. The topological polar surface area (TPSA) is 55.4 Å². The molecule has 0 unspecified atom stereocenters. The molecule has 2 rings (SSSR count). The Hall–Kier alpha value is -2.83. The third kappa shape index (κ3) is 5.08. The second-order valence-corrected chi connectivity index (χ2v) is 5.57. The third-order valence-corrected chi connectivity index (χ3v) is 3.75. The van der Waals surface area contributed by atoms with Crippen LogP contribution in [-0.4, -0.2) is 18.5 Å². The van der Waals surface area contributed by atoms with Gasteiger partial charge in [0.25, 0.3) is 5.91 Å². The molecule has 2 aromatic rings. The summed E-state index contributed by atoms with van der Waals surface area (Å²) in [5, 5.41) is 2.13. The van der Waals surface area contributed by atoms with E-state index in [0.29, 0.717) is 6.42 Å². The van der Waals surface area contributed by atoms with Crippen molar-refractivity contribution in [3.63, 3.8) is 0 Å². The van der Waals surface area contributed by atoms with Gasteiger partial charge in [-0.25, -0.2) is 0 Å². The van der Waals surface area contributed by atoms with E-state index in [4.69, 9.17) is 4.74 Å². The molecule has 26 heavy (non-hydrogen) atoms. The fraction of sp³-hybridized carbons (Fsp3) is 0.263. The lowest BCUT2D eigenvalue weighted by atomic mass is 9.97. The summed E-state index contributed by atoms with van der Waals surface area (Å²) in [5.41, 5.74) is -0.589. The lowest BCUT2D eigenvalue weighted by molar-refractivity contribution is -0.149. The molecule has 1 amide bonds. The van der Waals surface area contributed by atoms with E-state index in [1.165, 1.54) is 12.1 Å². The van der Waals surface area contributed by atoms with E-state index in [2.05, 4.69) is 5.32 Å². The molecule has 0 saturated heterocycles. The van der Waals surface area contributed by atoms with Crippen LogP contribution in [0.15, 0.2) is 54.6 Å². The number of carbonyl (C=O) groups excluding carboxylic acids is 2. The highest BCUT2D eigenvalue weighted by Gasteiger charge is 2.33. The van der Waals surface area contributed by atoms with Crippen molar-refractivity contribution < 1.29 is 27.5 Å². The van der Waals surface area contributed by atoms with Gasteiger partial charge in [-0.3, -0.25) is 9.59 Å². The van der Waals surface area contributed by atoms with E-state index >= 15 is 0 Å². The molecule has 0 aliphatic carbocycles. The summed E-state index contributed by atoms with van der Waals surface area (Å²) < 4.78 is 43.7. The number of nitrogens with one attached hydrogen (secondary N) is 1. The van der Waals surface area contributed by atoms with Gasteiger partial charge in [0.05, 0.1) is 17.2 Å². The number of rotatable bonds is 6. The SMILES string of the molecule is CC[C@H](C(=O)OCC(=O)Nc1ccccc1C(F)(F)F)c1ccccc1. The number of benzene rings is 2. The Balaban J connectivity index is 1.98. The average Bonchev–Trinajstić information content (AvgIpc) is 2.61. The van der Waals surface area contributed by atoms with Crippen LogP contribution < -0.4 is 5.32 Å². The van der Waals surface area contributed by atoms with Gasteiger partial charge in [-0.05, 0) is 24.1 Å². The number of alkyl halides is 3. The van der Waals surface area contributed by atoms with Gasteiger partial charge in [-0.1, -0.05) is 49.4 Å². The van der Waals surface area contributed by atoms with Crippen LogP contribution in [0.2, 0.25) is 0 Å². The molecule has 2 aromatic carbocycles. The first kappa shape index (κ1) is 19.5. The zero-order chi connectivity index (χ0) is 19.2. The van der Waals surface area contributed by atoms with Crippen molar-refractivity contribution in [1.82, 2.24) is 0 Å². The molecular weight excluding hydrogens is 347 g/mol. The minimum absolute atomic E-state index is 0.379. The number of amides is 1. The van der Waals surface area contributed by atoms with Gasteiger partial charge in [0.15, 0.2) is 6.61 Å². The highest BCUT2D eigenvalue weighted by Crippen LogP contribution is 2.34. The van der Waals surface area contributed by atoms with E-state index in [-0.39, 0.29) is 5.69 Å². The lowest BCUT2D eigenvalue weighted by Gasteiger charge is -2.16. The molecule has 138 valence electrons. The van der Waals surface area contributed by atoms with Crippen LogP contribution in [0.1, 0.15) is 30.4 Å². The summed E-state index contributed by atoms with van der Waals surface area (Å²) in [4.78, 5) is 24.1. The maximum absolute atomic E-state index is 12.9. The highest BCUT2D eigenvalue weighted by atomic mass is 19.4. The zero-order valence-electron chi connectivity index (χ0n) is 14.0. The predicted molar refractivity (Wildman–Crippen MR) is 90.5 cm³/mol. The number of halogens is 3. The maximum Gasteiger partial charge on any atom is 0.418 e. The van der Waals surface area contributed by atoms with Crippen LogP contribution in [0.5, 0.6) is 0 Å². The van der Waals surface area contributed by atoms with E-state index in [1.807, 2.05) is 6.07 Å². The fourth-order valence-corrected chi connectivity index (χ4v) is 2.49. The van der Waals surface area contributed by atoms with E-state index in [9.17, 15) is 22.8 Å². The predicted octanol–water partition coefficient (Wildman–Crippen LogP) is 4.38. The monoisotopic (exact) mass is 365 g/mol. The van der Waals surface area contributed by atoms with Crippen molar-refractivity contribution in [2.45, 2.75) is 25.4 Å². The molecule has 0 fully saturated rings. The second kappa shape index (κ2) is 8.51. The molecule has 0 heterocycles. The van der Waals surface area contributed by atoms with Crippen molar-refractivity contribution >= 4 is 17.6 Å². The molecule has 0 aromatic heterocycles. The zero-order valence-corrected chi connectivity index (χ0v) is 14.0. The normalized spacial score (nSPS) is 12.3. The smallest absolute Gasteiger partial charge is 0.418 e. The number of ether oxygens (including phenoxy) is 1. The number of carbonyl (C=O) groups is 2. The van der Waals surface area contributed by atoms with Crippen LogP contribution in [0.4, 0.5) is 18.9 Å². The first-order valence-electron chi connectivity index (χ1n) is 8.00. The quantitative estimate of drug-likeness (QED) is 0.773. The Labute approximate surface area is 149 Å². The fourth-order valence-electron chi connectivity index (χ4n) is 2.49.